The first kappa shape index (κ1) is 20.9. The summed E-state index contributed by atoms with van der Waals surface area (Å²) in [6, 6.07) is 14.3. The fraction of sp³-hybridized carbons (Fsp3) is 0.111. The highest BCUT2D eigenvalue weighted by atomic mass is 32.1. The molecule has 2 rings (SSSR count). The van der Waals surface area contributed by atoms with E-state index in [-0.39, 0.29) is 16.5 Å². The van der Waals surface area contributed by atoms with Crippen molar-refractivity contribution in [3.63, 3.8) is 0 Å². The summed E-state index contributed by atoms with van der Waals surface area (Å²) in [5, 5.41) is 15.4. The Bertz CT molecular complexity index is 938. The minimum absolute atomic E-state index is 0.104. The van der Waals surface area contributed by atoms with Crippen molar-refractivity contribution in [2.45, 2.75) is 12.1 Å². The lowest BCUT2D eigenvalue weighted by Crippen LogP contribution is -2.33. The highest BCUT2D eigenvalue weighted by Gasteiger charge is 2.31. The number of nitrogens with two attached hydrogens (primary N) is 1. The molecular formula is C18H14F3N5OS. The van der Waals surface area contributed by atoms with Crippen LogP contribution >= 0.6 is 12.2 Å². The first-order chi connectivity index (χ1) is 13.2. The van der Waals surface area contributed by atoms with Gasteiger partial charge in [-0.2, -0.15) is 23.5 Å². The first-order valence-electron chi connectivity index (χ1n) is 7.78. The number of benzene rings is 2. The zero-order valence-corrected chi connectivity index (χ0v) is 15.0. The summed E-state index contributed by atoms with van der Waals surface area (Å²) in [7, 11) is 0. The maximum absolute atomic E-state index is 12.9. The Labute approximate surface area is 163 Å². The number of alkyl halides is 3. The molecule has 4 N–H and O–H groups in total. The first-order valence-corrected chi connectivity index (χ1v) is 8.19. The standard InChI is InChI=1S/C18H14F3N5OS/c19-18(20,21)12-7-4-8-13(9-12)24-16(27)15(25-26-17(23)28)14(10-22)11-5-2-1-3-6-11/h1-9,14H,(H,24,27)(H3,23,26,28)/b25-15+/t14-/m0/s1. The van der Waals surface area contributed by atoms with E-state index in [0.717, 1.165) is 18.2 Å². The van der Waals surface area contributed by atoms with Crippen LogP contribution in [-0.4, -0.2) is 16.7 Å². The third-order valence-corrected chi connectivity index (χ3v) is 3.59. The molecule has 1 atom stereocenters. The summed E-state index contributed by atoms with van der Waals surface area (Å²) < 4.78 is 38.6. The lowest BCUT2D eigenvalue weighted by atomic mass is 9.95. The molecule has 144 valence electrons. The minimum Gasteiger partial charge on any atom is -0.375 e. The number of anilines is 1. The van der Waals surface area contributed by atoms with Crippen LogP contribution in [0.15, 0.2) is 59.7 Å². The summed E-state index contributed by atoms with van der Waals surface area (Å²) >= 11 is 4.65. The van der Waals surface area contributed by atoms with E-state index in [1.807, 2.05) is 6.07 Å². The van der Waals surface area contributed by atoms with Gasteiger partial charge in [0.1, 0.15) is 11.6 Å². The minimum atomic E-state index is -4.57. The average Bonchev–Trinajstić information content (AvgIpc) is 2.65. The Morgan fingerprint density at radius 3 is 2.43 bits per heavy atom. The molecule has 0 radical (unpaired) electrons. The van der Waals surface area contributed by atoms with Gasteiger partial charge in [0, 0.05) is 5.69 Å². The largest absolute Gasteiger partial charge is 0.416 e. The predicted molar refractivity (Wildman–Crippen MR) is 102 cm³/mol. The molecule has 2 aromatic rings. The van der Waals surface area contributed by atoms with Gasteiger partial charge in [-0.15, -0.1) is 0 Å². The van der Waals surface area contributed by atoms with Gasteiger partial charge < -0.3 is 11.1 Å². The number of carbonyl (C=O) groups excluding carboxylic acids is 1. The van der Waals surface area contributed by atoms with Crippen molar-refractivity contribution in [2.75, 3.05) is 5.32 Å². The molecule has 0 fully saturated rings. The lowest BCUT2D eigenvalue weighted by Gasteiger charge is -2.14. The van der Waals surface area contributed by atoms with E-state index in [0.29, 0.717) is 5.56 Å². The van der Waals surface area contributed by atoms with Crippen LogP contribution in [0.1, 0.15) is 17.0 Å². The zero-order valence-electron chi connectivity index (χ0n) is 14.2. The summed E-state index contributed by atoms with van der Waals surface area (Å²) in [5.74, 6) is -1.98. The lowest BCUT2D eigenvalue weighted by molar-refractivity contribution is -0.137. The van der Waals surface area contributed by atoms with Gasteiger partial charge in [-0.1, -0.05) is 36.4 Å². The second-order valence-electron chi connectivity index (χ2n) is 5.48. The second-order valence-corrected chi connectivity index (χ2v) is 5.92. The van der Waals surface area contributed by atoms with Crippen molar-refractivity contribution in [2.24, 2.45) is 10.8 Å². The van der Waals surface area contributed by atoms with E-state index in [4.69, 9.17) is 5.73 Å². The smallest absolute Gasteiger partial charge is 0.375 e. The highest BCUT2D eigenvalue weighted by Crippen LogP contribution is 2.30. The van der Waals surface area contributed by atoms with Crippen LogP contribution in [0.4, 0.5) is 18.9 Å². The number of amides is 1. The van der Waals surface area contributed by atoms with Crippen molar-refractivity contribution in [3.8, 4) is 6.07 Å². The molecule has 0 heterocycles. The molecule has 6 nitrogen and oxygen atoms in total. The summed E-state index contributed by atoms with van der Waals surface area (Å²) in [6.07, 6.45) is -4.57. The van der Waals surface area contributed by atoms with Gasteiger partial charge in [-0.25, -0.2) is 0 Å². The molecule has 2 aromatic carbocycles. The molecule has 0 saturated heterocycles. The zero-order chi connectivity index (χ0) is 20.7. The summed E-state index contributed by atoms with van der Waals surface area (Å²) in [5.41, 5.74) is 6.68. The number of nitrogens with one attached hydrogen (secondary N) is 2. The van der Waals surface area contributed by atoms with E-state index in [9.17, 15) is 23.2 Å². The molecule has 28 heavy (non-hydrogen) atoms. The normalized spacial score (nSPS) is 12.6. The highest BCUT2D eigenvalue weighted by molar-refractivity contribution is 7.80. The Morgan fingerprint density at radius 1 is 1.18 bits per heavy atom. The van der Waals surface area contributed by atoms with Crippen LogP contribution in [0, 0.1) is 11.3 Å². The van der Waals surface area contributed by atoms with Crippen LogP contribution in [0.3, 0.4) is 0 Å². The second kappa shape index (κ2) is 8.96. The van der Waals surface area contributed by atoms with Gasteiger partial charge in [-0.3, -0.25) is 10.2 Å². The molecule has 0 aromatic heterocycles. The van der Waals surface area contributed by atoms with E-state index in [2.05, 4.69) is 28.1 Å². The van der Waals surface area contributed by atoms with Crippen LogP contribution < -0.4 is 16.5 Å². The van der Waals surface area contributed by atoms with E-state index < -0.39 is 23.6 Å². The van der Waals surface area contributed by atoms with Gasteiger partial charge in [0.15, 0.2) is 5.11 Å². The van der Waals surface area contributed by atoms with Crippen molar-refractivity contribution < 1.29 is 18.0 Å². The monoisotopic (exact) mass is 405 g/mol. The van der Waals surface area contributed by atoms with Gasteiger partial charge in [0.25, 0.3) is 5.91 Å². The Hall–Kier alpha value is -3.45. The number of hydrazone groups is 1. The molecule has 0 aliphatic carbocycles. The van der Waals surface area contributed by atoms with Crippen LogP contribution in [0.5, 0.6) is 0 Å². The van der Waals surface area contributed by atoms with Gasteiger partial charge in [-0.05, 0) is 36.0 Å². The Morgan fingerprint density at radius 2 is 1.86 bits per heavy atom. The fourth-order valence-corrected chi connectivity index (χ4v) is 2.31. The molecule has 0 spiro atoms. The molecule has 0 aliphatic heterocycles. The number of carbonyl (C=O) groups is 1. The molecule has 0 saturated carbocycles. The molecule has 0 bridgehead atoms. The van der Waals surface area contributed by atoms with Gasteiger partial charge in [0.05, 0.1) is 11.6 Å². The number of halogens is 3. The van der Waals surface area contributed by atoms with E-state index in [1.54, 1.807) is 30.3 Å². The van der Waals surface area contributed by atoms with Crippen LogP contribution in [0.2, 0.25) is 0 Å². The number of rotatable bonds is 5. The Kier molecular flexibility index (Phi) is 6.68. The molecule has 10 heteroatoms. The van der Waals surface area contributed by atoms with E-state index >= 15 is 0 Å². The quantitative estimate of drug-likeness (QED) is 0.403. The topological polar surface area (TPSA) is 103 Å². The molecule has 1 amide bonds. The molecular weight excluding hydrogens is 391 g/mol. The Balaban J connectivity index is 2.36. The molecule has 0 unspecified atom stereocenters. The maximum atomic E-state index is 12.9. The van der Waals surface area contributed by atoms with Crippen LogP contribution in [0.25, 0.3) is 0 Å². The summed E-state index contributed by atoms with van der Waals surface area (Å²) in [6.45, 7) is 0. The predicted octanol–water partition coefficient (Wildman–Crippen LogP) is 3.14. The summed E-state index contributed by atoms with van der Waals surface area (Å²) in [4.78, 5) is 12.7. The number of nitriles is 1. The molecule has 0 aliphatic rings. The average molecular weight is 405 g/mol. The maximum Gasteiger partial charge on any atom is 0.416 e. The number of hydrogen-bond donors (Lipinski definition) is 3. The number of thiocarbonyl (C=S) groups is 1. The van der Waals surface area contributed by atoms with Crippen molar-refractivity contribution in [1.29, 1.82) is 5.26 Å². The van der Waals surface area contributed by atoms with Crippen molar-refractivity contribution in [3.05, 3.63) is 65.7 Å². The number of nitrogens with zero attached hydrogens (tertiary/aromatic N) is 2. The fourth-order valence-electron chi connectivity index (χ4n) is 2.27. The SMILES string of the molecule is N#C[C@H](/C(=N\NC(N)=S)C(=O)Nc1cccc(C(F)(F)F)c1)c1ccccc1. The third kappa shape index (κ3) is 5.52. The van der Waals surface area contributed by atoms with Crippen LogP contribution in [-0.2, 0) is 11.0 Å². The van der Waals surface area contributed by atoms with Gasteiger partial charge >= 0.3 is 6.18 Å². The van der Waals surface area contributed by atoms with Crippen molar-refractivity contribution in [1.82, 2.24) is 5.43 Å². The van der Waals surface area contributed by atoms with Gasteiger partial charge in [0.2, 0.25) is 0 Å². The third-order valence-electron chi connectivity index (χ3n) is 3.50. The van der Waals surface area contributed by atoms with E-state index in [1.165, 1.54) is 6.07 Å². The number of hydrogen-bond acceptors (Lipinski definition) is 4. The van der Waals surface area contributed by atoms with Crippen molar-refractivity contribution >= 4 is 34.6 Å².